The lowest BCUT2D eigenvalue weighted by Crippen LogP contribution is -2.69. The van der Waals surface area contributed by atoms with Gasteiger partial charge in [-0.25, -0.2) is 8.78 Å². The van der Waals surface area contributed by atoms with Gasteiger partial charge in [-0.3, -0.25) is 19.5 Å². The van der Waals surface area contributed by atoms with Crippen LogP contribution in [-0.2, 0) is 21.6 Å². The number of hydrogen-bond donors (Lipinski definition) is 1. The third kappa shape index (κ3) is 8.70. The van der Waals surface area contributed by atoms with E-state index in [4.69, 9.17) is 9.47 Å². The highest BCUT2D eigenvalue weighted by atomic mass is 32.1. The Labute approximate surface area is 322 Å². The van der Waals surface area contributed by atoms with Gasteiger partial charge in [-0.2, -0.15) is 18.4 Å². The van der Waals surface area contributed by atoms with E-state index in [2.05, 4.69) is 16.0 Å². The molecule has 0 radical (unpaired) electrons. The van der Waals surface area contributed by atoms with Crippen LogP contribution in [0, 0.1) is 22.2 Å². The van der Waals surface area contributed by atoms with E-state index in [0.29, 0.717) is 88.5 Å². The second-order valence-electron chi connectivity index (χ2n) is 15.6. The van der Waals surface area contributed by atoms with Crippen molar-refractivity contribution in [3.05, 3.63) is 69.4 Å². The summed E-state index contributed by atoms with van der Waals surface area (Å²) in [6.45, 7) is 8.64. The van der Waals surface area contributed by atoms with Crippen molar-refractivity contribution in [1.82, 2.24) is 14.8 Å². The number of nitriles is 1. The highest BCUT2D eigenvalue weighted by Gasteiger charge is 2.55. The molecular weight excluding hydrogens is 744 g/mol. The second-order valence-corrected chi connectivity index (χ2v) is 16.5. The van der Waals surface area contributed by atoms with Crippen molar-refractivity contribution in [2.24, 2.45) is 10.8 Å². The Hall–Kier alpha value is -4.03. The first-order valence-corrected chi connectivity index (χ1v) is 19.6. The first-order chi connectivity index (χ1) is 25.8. The number of aromatic nitrogens is 1. The molecule has 1 amide bonds. The molecule has 0 aromatic carbocycles. The third-order valence-electron chi connectivity index (χ3n) is 11.4. The quantitative estimate of drug-likeness (QED) is 0.200. The SMILES string of the molecule is CCC[C@H]1N(C(=O)c2cnccc2C(C)(F)F)CCC[C@@]1(Oc1csc(C(F)(F)F)c1)C(C)N1CCC(C#N)(C2=C(OCC(C)(C)C(=O)O)C=CCC2)CC1. The number of halogens is 5. The monoisotopic (exact) mass is 792 g/mol. The number of carbonyl (C=O) groups is 2. The van der Waals surface area contributed by atoms with Gasteiger partial charge in [0.15, 0.2) is 0 Å². The van der Waals surface area contributed by atoms with Crippen LogP contribution in [0.4, 0.5) is 22.0 Å². The Morgan fingerprint density at radius 2 is 1.85 bits per heavy atom. The maximum atomic E-state index is 14.8. The number of likely N-dealkylation sites (tertiary alicyclic amines) is 2. The maximum absolute atomic E-state index is 14.8. The first-order valence-electron chi connectivity index (χ1n) is 18.7. The van der Waals surface area contributed by atoms with E-state index < -0.39 is 62.9 Å². The number of carbonyl (C=O) groups excluding carboxylic acids is 1. The van der Waals surface area contributed by atoms with Crippen molar-refractivity contribution in [1.29, 1.82) is 5.26 Å². The van der Waals surface area contributed by atoms with Crippen LogP contribution in [0.2, 0.25) is 0 Å². The van der Waals surface area contributed by atoms with Crippen molar-refractivity contribution in [2.75, 3.05) is 26.2 Å². The number of allylic oxidation sites excluding steroid dienone is 3. The van der Waals surface area contributed by atoms with Crippen molar-refractivity contribution in [2.45, 2.75) is 116 Å². The maximum Gasteiger partial charge on any atom is 0.425 e. The van der Waals surface area contributed by atoms with Crippen LogP contribution in [0.25, 0.3) is 0 Å². The minimum atomic E-state index is -4.59. The molecule has 5 rings (SSSR count). The molecule has 3 atom stereocenters. The van der Waals surface area contributed by atoms with Crippen LogP contribution >= 0.6 is 11.3 Å². The average Bonchev–Trinajstić information content (AvgIpc) is 3.63. The molecule has 15 heteroatoms. The van der Waals surface area contributed by atoms with Crippen LogP contribution < -0.4 is 4.74 Å². The highest BCUT2D eigenvalue weighted by Crippen LogP contribution is 2.48. The van der Waals surface area contributed by atoms with E-state index in [0.717, 1.165) is 23.9 Å². The van der Waals surface area contributed by atoms with Crippen molar-refractivity contribution in [3.63, 3.8) is 0 Å². The molecule has 300 valence electrons. The number of carboxylic acid groups (broad SMARTS) is 1. The number of alkyl halides is 5. The molecule has 0 bridgehead atoms. The van der Waals surface area contributed by atoms with Gasteiger partial charge in [0.1, 0.15) is 28.6 Å². The molecule has 0 spiro atoms. The molecule has 2 aromatic rings. The van der Waals surface area contributed by atoms with E-state index >= 15 is 0 Å². The minimum absolute atomic E-state index is 0.00957. The first kappa shape index (κ1) is 42.1. The molecule has 55 heavy (non-hydrogen) atoms. The summed E-state index contributed by atoms with van der Waals surface area (Å²) >= 11 is 0.513. The zero-order valence-electron chi connectivity index (χ0n) is 31.8. The van der Waals surface area contributed by atoms with Crippen LogP contribution in [0.1, 0.15) is 107 Å². The van der Waals surface area contributed by atoms with Crippen LogP contribution in [-0.4, -0.2) is 75.7 Å². The number of thiophene rings is 1. The summed E-state index contributed by atoms with van der Waals surface area (Å²) < 4.78 is 83.8. The molecule has 3 aliphatic rings. The Morgan fingerprint density at radius 3 is 2.45 bits per heavy atom. The lowest BCUT2D eigenvalue weighted by atomic mass is 9.69. The standard InChI is InChI=1S/C40H49F5N4O5S/c1-6-10-32-39(54-27-21-33(55-23-27)40(43,44)45,14-9-18-49(32)34(50)28-22-47-17-13-29(28)37(5,41)42)26(2)48-19-15-38(24-46,16-20-48)30-11-7-8-12-31(30)53-25-36(3,4)35(51)52/h8,12-13,17,21-23,26,32H,6-7,9-11,14-16,18-20,25H2,1-5H3,(H,51,52)/t26?,32-,39-/m1/s1. The number of aliphatic carboxylic acids is 1. The summed E-state index contributed by atoms with van der Waals surface area (Å²) in [4.78, 5) is 33.0. The molecule has 2 saturated heterocycles. The van der Waals surface area contributed by atoms with Gasteiger partial charge in [-0.15, -0.1) is 11.3 Å². The molecule has 2 aromatic heterocycles. The fourth-order valence-corrected chi connectivity index (χ4v) is 8.90. The molecule has 4 heterocycles. The minimum Gasteiger partial charge on any atom is -0.492 e. The van der Waals surface area contributed by atoms with Crippen LogP contribution in [0.15, 0.2) is 53.4 Å². The summed E-state index contributed by atoms with van der Waals surface area (Å²) in [6, 6.07) is 3.43. The van der Waals surface area contributed by atoms with Gasteiger partial charge in [-0.05, 0) is 83.4 Å². The number of pyridine rings is 1. The van der Waals surface area contributed by atoms with Crippen LogP contribution in [0.3, 0.4) is 0 Å². The summed E-state index contributed by atoms with van der Waals surface area (Å²) in [6.07, 6.45) is 5.24. The van der Waals surface area contributed by atoms with E-state index in [-0.39, 0.29) is 24.5 Å². The van der Waals surface area contributed by atoms with Gasteiger partial charge in [0, 0.05) is 62.0 Å². The molecule has 1 aliphatic carbocycles. The second kappa shape index (κ2) is 16.2. The zero-order chi connectivity index (χ0) is 40.4. The van der Waals surface area contributed by atoms with Gasteiger partial charge in [-0.1, -0.05) is 19.4 Å². The number of piperidine rings is 2. The molecule has 1 unspecified atom stereocenters. The van der Waals surface area contributed by atoms with Crippen molar-refractivity contribution < 1.29 is 46.1 Å². The smallest absolute Gasteiger partial charge is 0.425 e. The van der Waals surface area contributed by atoms with Gasteiger partial charge < -0.3 is 19.5 Å². The predicted octanol–water partition coefficient (Wildman–Crippen LogP) is 9.22. The Bertz CT molecular complexity index is 1820. The molecule has 0 saturated carbocycles. The van der Waals surface area contributed by atoms with E-state index in [9.17, 15) is 41.9 Å². The van der Waals surface area contributed by atoms with Crippen molar-refractivity contribution >= 4 is 23.2 Å². The number of nitrogens with zero attached hydrogens (tertiary/aromatic N) is 4. The Morgan fingerprint density at radius 1 is 1.15 bits per heavy atom. The summed E-state index contributed by atoms with van der Waals surface area (Å²) in [5, 5.41) is 21.7. The molecule has 2 aliphatic heterocycles. The summed E-state index contributed by atoms with van der Waals surface area (Å²) in [5.74, 6) is -4.48. The molecular formula is C40H49F5N4O5S. The van der Waals surface area contributed by atoms with Gasteiger partial charge in [0.25, 0.3) is 11.8 Å². The zero-order valence-corrected chi connectivity index (χ0v) is 32.7. The third-order valence-corrected chi connectivity index (χ3v) is 12.4. The molecule has 1 N–H and O–H groups in total. The van der Waals surface area contributed by atoms with E-state index in [1.165, 1.54) is 16.5 Å². The number of hydrogen-bond acceptors (Lipinski definition) is 8. The molecule has 9 nitrogen and oxygen atoms in total. The Balaban J connectivity index is 1.51. The number of carboxylic acids is 1. The van der Waals surface area contributed by atoms with Gasteiger partial charge >= 0.3 is 12.1 Å². The van der Waals surface area contributed by atoms with Crippen LogP contribution in [0.5, 0.6) is 5.75 Å². The topological polar surface area (TPSA) is 116 Å². The Kier molecular flexibility index (Phi) is 12.4. The number of ether oxygens (including phenoxy) is 2. The van der Waals surface area contributed by atoms with E-state index in [1.807, 2.05) is 19.9 Å². The average molecular weight is 793 g/mol. The lowest BCUT2D eigenvalue weighted by molar-refractivity contribution is -0.149. The summed E-state index contributed by atoms with van der Waals surface area (Å²) in [7, 11) is 0. The normalized spacial score (nSPS) is 22.9. The fraction of sp³-hybridized carbons (Fsp3) is 0.600. The summed E-state index contributed by atoms with van der Waals surface area (Å²) in [5.41, 5.74) is -3.22. The number of rotatable bonds is 13. The van der Waals surface area contributed by atoms with Gasteiger partial charge in [0.05, 0.1) is 28.5 Å². The molecule has 2 fully saturated rings. The fourth-order valence-electron chi connectivity index (χ4n) is 8.22. The van der Waals surface area contributed by atoms with Gasteiger partial charge in [0.2, 0.25) is 0 Å². The number of amides is 1. The van der Waals surface area contributed by atoms with E-state index in [1.54, 1.807) is 19.9 Å². The highest BCUT2D eigenvalue weighted by molar-refractivity contribution is 7.10. The predicted molar refractivity (Wildman–Crippen MR) is 197 cm³/mol. The van der Waals surface area contributed by atoms with Crippen molar-refractivity contribution in [3.8, 4) is 11.8 Å². The lowest BCUT2D eigenvalue weighted by Gasteiger charge is -2.55. The largest absolute Gasteiger partial charge is 0.492 e.